The lowest BCUT2D eigenvalue weighted by molar-refractivity contribution is 0.465. The van der Waals surface area contributed by atoms with E-state index in [1.54, 1.807) is 0 Å². The van der Waals surface area contributed by atoms with Gasteiger partial charge in [-0.15, -0.1) is 0 Å². The number of aryl methyl sites for hydroxylation is 5. The van der Waals surface area contributed by atoms with Crippen molar-refractivity contribution in [2.75, 3.05) is 23.9 Å². The second kappa shape index (κ2) is 17.7. The molecule has 2 aliphatic heterocycles. The molecule has 2 aliphatic rings. The van der Waals surface area contributed by atoms with Gasteiger partial charge in [-0.25, -0.2) is 0 Å². The van der Waals surface area contributed by atoms with Gasteiger partial charge in [0.25, 0.3) is 0 Å². The van der Waals surface area contributed by atoms with Gasteiger partial charge in [0.1, 0.15) is 0 Å². The number of aromatic nitrogens is 1. The van der Waals surface area contributed by atoms with E-state index >= 15 is 0 Å². The second-order valence-corrected chi connectivity index (χ2v) is 22.1. The van der Waals surface area contributed by atoms with E-state index in [0.717, 1.165) is 11.5 Å². The SMILES string of the molecule is Cc1c(C)c(C)c2c(c1C)Oc1c(C)c(C)c(C)c(C)c1N2C.Cc1c(C)c(C)c2c(c1C)Sc1c(C)c(C)c(C)c(C)c1N2C.Cc1c(C)c(C)c2c(c1C)c1c(C)c(C)c(C)c(C)c1n2C. The monoisotopic (exact) mass is 928 g/mol. The summed E-state index contributed by atoms with van der Waals surface area (Å²) in [6.07, 6.45) is 0. The Kier molecular flexibility index (Phi) is 13.2. The van der Waals surface area contributed by atoms with Gasteiger partial charge in [-0.2, -0.15) is 0 Å². The van der Waals surface area contributed by atoms with E-state index in [2.05, 4.69) is 202 Å². The van der Waals surface area contributed by atoms with Gasteiger partial charge < -0.3 is 19.1 Å². The smallest absolute Gasteiger partial charge is 0.154 e. The molecule has 0 N–H and O–H groups in total. The normalized spacial score (nSPS) is 12.6. The van der Waals surface area contributed by atoms with Crippen LogP contribution in [0.15, 0.2) is 9.79 Å². The fraction of sp³-hybridized carbons (Fsp3) is 0.429. The maximum Gasteiger partial charge on any atom is 0.154 e. The van der Waals surface area contributed by atoms with Crippen LogP contribution in [0.3, 0.4) is 0 Å². The number of hydrogen-bond donors (Lipinski definition) is 0. The molecule has 3 heterocycles. The minimum absolute atomic E-state index is 1.02. The zero-order valence-electron chi connectivity index (χ0n) is 47.2. The fourth-order valence-corrected chi connectivity index (χ4v) is 13.3. The molecule has 0 saturated heterocycles. The summed E-state index contributed by atoms with van der Waals surface area (Å²) in [4.78, 5) is 7.64. The van der Waals surface area contributed by atoms with Crippen LogP contribution in [-0.2, 0) is 7.05 Å². The minimum atomic E-state index is 1.02. The van der Waals surface area contributed by atoms with Crippen molar-refractivity contribution in [3.05, 3.63) is 134 Å². The number of anilines is 4. The lowest BCUT2D eigenvalue weighted by Gasteiger charge is -2.36. The maximum atomic E-state index is 6.50. The number of fused-ring (bicyclic) bond motifs is 7. The Morgan fingerprint density at radius 3 is 0.809 bits per heavy atom. The highest BCUT2D eigenvalue weighted by Gasteiger charge is 2.32. The van der Waals surface area contributed by atoms with E-state index < -0.39 is 0 Å². The highest BCUT2D eigenvalue weighted by molar-refractivity contribution is 7.99. The zero-order valence-corrected chi connectivity index (χ0v) is 48.0. The first kappa shape index (κ1) is 50.7. The molecule has 0 unspecified atom stereocenters. The topological polar surface area (TPSA) is 20.6 Å². The van der Waals surface area contributed by atoms with Crippen LogP contribution in [0.25, 0.3) is 21.8 Å². The van der Waals surface area contributed by atoms with Crippen molar-refractivity contribution in [2.24, 2.45) is 7.05 Å². The Balaban J connectivity index is 0.000000151. The number of rotatable bonds is 0. The predicted molar refractivity (Wildman–Crippen MR) is 300 cm³/mol. The molecule has 0 amide bonds. The highest BCUT2D eigenvalue weighted by atomic mass is 32.2. The lowest BCUT2D eigenvalue weighted by Crippen LogP contribution is -2.21. The molecule has 0 aliphatic carbocycles. The molecule has 0 bridgehead atoms. The molecular formula is C63H81N3OS. The largest absolute Gasteiger partial charge is 0.452 e. The standard InChI is InChI=1S/C21H27NO.C21H27NS.C21H27N/c2*1-10-12(3)16(7)20-18(14(10)5)22(9)19-15(6)11(2)13(4)17(8)21(19)23-20;1-10-12(3)16(7)20-18(14(10)5)19-15(6)11(2)13(4)17(8)21(19)22(20)9/h2*1-9H3;1-9H3. The van der Waals surface area contributed by atoms with Gasteiger partial charge in [-0.3, -0.25) is 0 Å². The van der Waals surface area contributed by atoms with Crippen molar-refractivity contribution in [1.29, 1.82) is 0 Å². The van der Waals surface area contributed by atoms with Crippen molar-refractivity contribution in [1.82, 2.24) is 4.57 Å². The van der Waals surface area contributed by atoms with Gasteiger partial charge in [-0.1, -0.05) is 11.8 Å². The molecular weight excluding hydrogens is 847 g/mol. The molecule has 0 fully saturated rings. The Hall–Kier alpha value is -5.13. The average Bonchev–Trinajstić information content (AvgIpc) is 3.63. The highest BCUT2D eigenvalue weighted by Crippen LogP contribution is 2.56. The summed E-state index contributed by atoms with van der Waals surface area (Å²) < 4.78 is 8.93. The summed E-state index contributed by atoms with van der Waals surface area (Å²) in [6.45, 7) is 53.8. The van der Waals surface area contributed by atoms with Crippen LogP contribution in [0.1, 0.15) is 134 Å². The summed E-state index contributed by atoms with van der Waals surface area (Å²) in [5.41, 5.74) is 41.4. The van der Waals surface area contributed by atoms with Crippen LogP contribution < -0.4 is 14.5 Å². The molecule has 9 rings (SSSR count). The van der Waals surface area contributed by atoms with E-state index in [1.807, 2.05) is 11.8 Å². The zero-order chi connectivity index (χ0) is 50.9. The van der Waals surface area contributed by atoms with Gasteiger partial charge in [0.05, 0.1) is 33.8 Å². The lowest BCUT2D eigenvalue weighted by atomic mass is 9.90. The molecule has 0 atom stereocenters. The van der Waals surface area contributed by atoms with E-state index in [4.69, 9.17) is 4.74 Å². The molecule has 5 heteroatoms. The quantitative estimate of drug-likeness (QED) is 0.151. The van der Waals surface area contributed by atoms with Crippen LogP contribution in [0.4, 0.5) is 22.7 Å². The van der Waals surface area contributed by atoms with Crippen molar-refractivity contribution in [2.45, 2.75) is 176 Å². The van der Waals surface area contributed by atoms with Gasteiger partial charge >= 0.3 is 0 Å². The van der Waals surface area contributed by atoms with Gasteiger partial charge in [0, 0.05) is 41.7 Å². The average molecular weight is 928 g/mol. The molecule has 6 aromatic carbocycles. The molecule has 4 nitrogen and oxygen atoms in total. The summed E-state index contributed by atoms with van der Waals surface area (Å²) in [6, 6.07) is 0. The summed E-state index contributed by atoms with van der Waals surface area (Å²) in [5, 5.41) is 2.92. The summed E-state index contributed by atoms with van der Waals surface area (Å²) in [5.74, 6) is 2.04. The molecule has 7 aromatic rings. The fourth-order valence-electron chi connectivity index (χ4n) is 11.7. The summed E-state index contributed by atoms with van der Waals surface area (Å²) in [7, 11) is 6.63. The number of benzene rings is 6. The van der Waals surface area contributed by atoms with Crippen molar-refractivity contribution in [3.8, 4) is 11.5 Å². The number of nitrogens with zero attached hydrogens (tertiary/aromatic N) is 3. The Bertz CT molecular complexity index is 2990. The Morgan fingerprint density at radius 1 is 0.250 bits per heavy atom. The third kappa shape index (κ3) is 7.13. The van der Waals surface area contributed by atoms with Crippen molar-refractivity contribution < 1.29 is 4.74 Å². The van der Waals surface area contributed by atoms with Crippen LogP contribution in [0.5, 0.6) is 11.5 Å². The third-order valence-electron chi connectivity index (χ3n) is 18.4. The Morgan fingerprint density at radius 2 is 0.485 bits per heavy atom. The van der Waals surface area contributed by atoms with E-state index in [0.29, 0.717) is 0 Å². The number of hydrogen-bond acceptors (Lipinski definition) is 4. The molecule has 360 valence electrons. The van der Waals surface area contributed by atoms with Crippen molar-refractivity contribution in [3.63, 3.8) is 0 Å². The minimum Gasteiger partial charge on any atom is -0.452 e. The maximum absolute atomic E-state index is 6.50. The number of ether oxygens (including phenoxy) is 1. The summed E-state index contributed by atoms with van der Waals surface area (Å²) >= 11 is 1.97. The van der Waals surface area contributed by atoms with Crippen LogP contribution in [0.2, 0.25) is 0 Å². The van der Waals surface area contributed by atoms with E-state index in [9.17, 15) is 0 Å². The molecule has 0 radical (unpaired) electrons. The first-order chi connectivity index (χ1) is 31.6. The van der Waals surface area contributed by atoms with Gasteiger partial charge in [0.15, 0.2) is 11.5 Å². The molecule has 0 spiro atoms. The first-order valence-electron chi connectivity index (χ1n) is 24.7. The van der Waals surface area contributed by atoms with E-state index in [-0.39, 0.29) is 0 Å². The third-order valence-corrected chi connectivity index (χ3v) is 19.8. The first-order valence-corrected chi connectivity index (χ1v) is 25.6. The van der Waals surface area contributed by atoms with Gasteiger partial charge in [0.2, 0.25) is 0 Å². The Labute approximate surface area is 415 Å². The van der Waals surface area contributed by atoms with Crippen molar-refractivity contribution >= 4 is 56.3 Å². The molecule has 1 aromatic heterocycles. The second-order valence-electron chi connectivity index (χ2n) is 21.0. The molecule has 68 heavy (non-hydrogen) atoms. The van der Waals surface area contributed by atoms with Crippen LogP contribution in [-0.4, -0.2) is 18.7 Å². The predicted octanol–water partition coefficient (Wildman–Crippen LogP) is 18.2. The van der Waals surface area contributed by atoms with Crippen LogP contribution in [0, 0.1) is 166 Å². The molecule has 0 saturated carbocycles. The van der Waals surface area contributed by atoms with Crippen LogP contribution >= 0.6 is 11.8 Å². The van der Waals surface area contributed by atoms with Gasteiger partial charge in [-0.05, 0) is 300 Å². The van der Waals surface area contributed by atoms with E-state index in [1.165, 1.54) is 188 Å².